The van der Waals surface area contributed by atoms with Crippen molar-refractivity contribution in [1.82, 2.24) is 15.2 Å². The molecule has 1 aromatic rings. The number of imide groups is 1. The van der Waals surface area contributed by atoms with Crippen LogP contribution in [0.5, 0.6) is 0 Å². The van der Waals surface area contributed by atoms with E-state index in [0.29, 0.717) is 6.54 Å². The molecule has 2 fully saturated rings. The van der Waals surface area contributed by atoms with Gasteiger partial charge in [0, 0.05) is 18.9 Å². The van der Waals surface area contributed by atoms with Crippen LogP contribution in [-0.2, 0) is 11.3 Å². The zero-order valence-electron chi connectivity index (χ0n) is 11.5. The van der Waals surface area contributed by atoms with Crippen LogP contribution in [0.15, 0.2) is 24.5 Å². The lowest BCUT2D eigenvalue weighted by atomic mass is 9.88. The van der Waals surface area contributed by atoms with Crippen LogP contribution < -0.4 is 5.32 Å². The number of carbonyl (C=O) groups excluding carboxylic acids is 2. The average molecular weight is 273 g/mol. The molecule has 20 heavy (non-hydrogen) atoms. The Balaban J connectivity index is 1.89. The molecule has 0 aromatic carbocycles. The molecular weight excluding hydrogens is 254 g/mol. The number of nitrogens with one attached hydrogen (secondary N) is 1. The van der Waals surface area contributed by atoms with Crippen LogP contribution in [-0.4, -0.2) is 27.4 Å². The molecule has 1 saturated carbocycles. The second-order valence-electron chi connectivity index (χ2n) is 5.65. The Hall–Kier alpha value is -1.91. The monoisotopic (exact) mass is 273 g/mol. The normalized spacial score (nSPS) is 21.9. The first-order valence-corrected chi connectivity index (χ1v) is 7.24. The number of aromatic nitrogens is 1. The van der Waals surface area contributed by atoms with E-state index in [1.54, 1.807) is 17.3 Å². The van der Waals surface area contributed by atoms with E-state index in [0.717, 1.165) is 44.1 Å². The first-order valence-electron chi connectivity index (χ1n) is 7.24. The molecule has 106 valence electrons. The SMILES string of the molecule is O=C1NC(=O)C2(CCCCCC2)N1Cc1ccncc1. The first-order chi connectivity index (χ1) is 9.72. The summed E-state index contributed by atoms with van der Waals surface area (Å²) in [4.78, 5) is 30.2. The van der Waals surface area contributed by atoms with Gasteiger partial charge in [0.1, 0.15) is 5.54 Å². The molecule has 0 atom stereocenters. The van der Waals surface area contributed by atoms with Crippen molar-refractivity contribution < 1.29 is 9.59 Å². The van der Waals surface area contributed by atoms with E-state index in [-0.39, 0.29) is 11.9 Å². The number of pyridine rings is 1. The molecule has 2 aliphatic rings. The Bertz CT molecular complexity index is 507. The van der Waals surface area contributed by atoms with E-state index < -0.39 is 5.54 Å². The Morgan fingerprint density at radius 3 is 2.40 bits per heavy atom. The maximum absolute atomic E-state index is 12.3. The van der Waals surface area contributed by atoms with Crippen molar-refractivity contribution in [3.8, 4) is 0 Å². The summed E-state index contributed by atoms with van der Waals surface area (Å²) >= 11 is 0. The molecule has 0 bridgehead atoms. The fourth-order valence-corrected chi connectivity index (χ4v) is 3.30. The quantitative estimate of drug-likeness (QED) is 0.840. The number of rotatable bonds is 2. The fraction of sp³-hybridized carbons (Fsp3) is 0.533. The van der Waals surface area contributed by atoms with Crippen molar-refractivity contribution in [2.45, 2.75) is 50.6 Å². The van der Waals surface area contributed by atoms with E-state index >= 15 is 0 Å². The minimum Gasteiger partial charge on any atom is -0.305 e. The van der Waals surface area contributed by atoms with Gasteiger partial charge in [-0.05, 0) is 30.5 Å². The van der Waals surface area contributed by atoms with Crippen LogP contribution in [0, 0.1) is 0 Å². The average Bonchev–Trinajstić information content (AvgIpc) is 2.66. The van der Waals surface area contributed by atoms with Crippen molar-refractivity contribution in [3.05, 3.63) is 30.1 Å². The standard InChI is InChI=1S/C15H19N3O2/c19-13-15(7-3-1-2-4-8-15)18(14(20)17-13)11-12-5-9-16-10-6-12/h5-6,9-10H,1-4,7-8,11H2,(H,17,19,20). The van der Waals surface area contributed by atoms with Crippen LogP contribution in [0.4, 0.5) is 4.79 Å². The molecular formula is C15H19N3O2. The summed E-state index contributed by atoms with van der Waals surface area (Å²) in [6, 6.07) is 3.52. The largest absolute Gasteiger partial charge is 0.325 e. The second kappa shape index (κ2) is 5.23. The lowest BCUT2D eigenvalue weighted by molar-refractivity contribution is -0.127. The third-order valence-electron chi connectivity index (χ3n) is 4.43. The van der Waals surface area contributed by atoms with Gasteiger partial charge in [-0.2, -0.15) is 0 Å². The van der Waals surface area contributed by atoms with Gasteiger partial charge in [0.25, 0.3) is 5.91 Å². The molecule has 2 heterocycles. The van der Waals surface area contributed by atoms with Gasteiger partial charge in [0.05, 0.1) is 0 Å². The molecule has 5 nitrogen and oxygen atoms in total. The van der Waals surface area contributed by atoms with E-state index in [2.05, 4.69) is 10.3 Å². The third kappa shape index (κ3) is 2.17. The summed E-state index contributed by atoms with van der Waals surface area (Å²) in [6.45, 7) is 0.472. The van der Waals surface area contributed by atoms with Gasteiger partial charge in [-0.3, -0.25) is 15.1 Å². The summed E-state index contributed by atoms with van der Waals surface area (Å²) < 4.78 is 0. The molecule has 1 N–H and O–H groups in total. The Morgan fingerprint density at radius 1 is 1.10 bits per heavy atom. The molecule has 1 spiro atoms. The van der Waals surface area contributed by atoms with Crippen LogP contribution in [0.1, 0.15) is 44.1 Å². The summed E-state index contributed by atoms with van der Waals surface area (Å²) in [5.41, 5.74) is 0.380. The number of nitrogens with zero attached hydrogens (tertiary/aromatic N) is 2. The van der Waals surface area contributed by atoms with Gasteiger partial charge in [-0.25, -0.2) is 4.79 Å². The van der Waals surface area contributed by atoms with Gasteiger partial charge >= 0.3 is 6.03 Å². The maximum Gasteiger partial charge on any atom is 0.325 e. The summed E-state index contributed by atoms with van der Waals surface area (Å²) in [7, 11) is 0. The molecule has 0 unspecified atom stereocenters. The third-order valence-corrected chi connectivity index (χ3v) is 4.43. The highest BCUT2D eigenvalue weighted by atomic mass is 16.2. The van der Waals surface area contributed by atoms with Crippen LogP contribution in [0.3, 0.4) is 0 Å². The van der Waals surface area contributed by atoms with Crippen molar-refractivity contribution in [2.75, 3.05) is 0 Å². The van der Waals surface area contributed by atoms with Crippen LogP contribution in [0.25, 0.3) is 0 Å². The van der Waals surface area contributed by atoms with Crippen molar-refractivity contribution in [1.29, 1.82) is 0 Å². The van der Waals surface area contributed by atoms with E-state index in [1.165, 1.54) is 0 Å². The lowest BCUT2D eigenvalue weighted by Gasteiger charge is -2.34. The van der Waals surface area contributed by atoms with Crippen LogP contribution >= 0.6 is 0 Å². The summed E-state index contributed by atoms with van der Waals surface area (Å²) in [6.07, 6.45) is 9.28. The minimum absolute atomic E-state index is 0.113. The topological polar surface area (TPSA) is 62.3 Å². The van der Waals surface area contributed by atoms with Gasteiger partial charge < -0.3 is 4.90 Å². The van der Waals surface area contributed by atoms with Gasteiger partial charge in [-0.1, -0.05) is 25.7 Å². The van der Waals surface area contributed by atoms with Gasteiger partial charge in [0.2, 0.25) is 0 Å². The molecule has 1 saturated heterocycles. The highest BCUT2D eigenvalue weighted by Crippen LogP contribution is 2.37. The zero-order valence-corrected chi connectivity index (χ0v) is 11.5. The smallest absolute Gasteiger partial charge is 0.305 e. The van der Waals surface area contributed by atoms with E-state index in [1.807, 2.05) is 12.1 Å². The summed E-state index contributed by atoms with van der Waals surface area (Å²) in [5.74, 6) is -0.113. The van der Waals surface area contributed by atoms with Crippen molar-refractivity contribution >= 4 is 11.9 Å². The maximum atomic E-state index is 12.3. The lowest BCUT2D eigenvalue weighted by Crippen LogP contribution is -2.48. The number of carbonyl (C=O) groups is 2. The Kier molecular flexibility index (Phi) is 3.42. The Labute approximate surface area is 118 Å². The number of hydrogen-bond acceptors (Lipinski definition) is 3. The number of amides is 3. The zero-order chi connectivity index (χ0) is 14.0. The fourth-order valence-electron chi connectivity index (χ4n) is 3.30. The highest BCUT2D eigenvalue weighted by molar-refractivity contribution is 6.07. The molecule has 5 heteroatoms. The molecule has 1 aromatic heterocycles. The minimum atomic E-state index is -0.628. The predicted octanol–water partition coefficient (Wildman–Crippen LogP) is 2.23. The predicted molar refractivity (Wildman–Crippen MR) is 73.8 cm³/mol. The molecule has 3 amide bonds. The number of urea groups is 1. The highest BCUT2D eigenvalue weighted by Gasteiger charge is 2.52. The first kappa shape index (κ1) is 13.1. The van der Waals surface area contributed by atoms with Gasteiger partial charge in [-0.15, -0.1) is 0 Å². The van der Waals surface area contributed by atoms with Crippen LogP contribution in [0.2, 0.25) is 0 Å². The van der Waals surface area contributed by atoms with E-state index in [9.17, 15) is 9.59 Å². The van der Waals surface area contributed by atoms with Gasteiger partial charge in [0.15, 0.2) is 0 Å². The van der Waals surface area contributed by atoms with Crippen molar-refractivity contribution in [2.24, 2.45) is 0 Å². The van der Waals surface area contributed by atoms with Crippen molar-refractivity contribution in [3.63, 3.8) is 0 Å². The molecule has 3 rings (SSSR count). The Morgan fingerprint density at radius 2 is 1.75 bits per heavy atom. The molecule has 0 radical (unpaired) electrons. The second-order valence-corrected chi connectivity index (χ2v) is 5.65. The number of hydrogen-bond donors (Lipinski definition) is 1. The molecule has 1 aliphatic carbocycles. The summed E-state index contributed by atoms with van der Waals surface area (Å²) in [5, 5.41) is 2.51. The van der Waals surface area contributed by atoms with E-state index in [4.69, 9.17) is 0 Å². The molecule has 1 aliphatic heterocycles.